The van der Waals surface area contributed by atoms with Gasteiger partial charge in [-0.05, 0) is 92.7 Å². The Labute approximate surface area is 282 Å². The van der Waals surface area contributed by atoms with Crippen LogP contribution in [0.25, 0.3) is 88.0 Å². The molecule has 0 spiro atoms. The number of fused-ring (bicyclic) bond motifs is 7. The predicted molar refractivity (Wildman–Crippen MR) is 205 cm³/mol. The molecule has 0 aliphatic rings. The minimum Gasteiger partial charge on any atom is -0.456 e. The maximum atomic E-state index is 6.42. The van der Waals surface area contributed by atoms with E-state index >= 15 is 0 Å². The molecule has 10 rings (SSSR count). The average Bonchev–Trinajstić information content (AvgIpc) is 3.74. The van der Waals surface area contributed by atoms with E-state index in [4.69, 9.17) is 8.83 Å². The van der Waals surface area contributed by atoms with Crippen molar-refractivity contribution in [1.29, 1.82) is 0 Å². The van der Waals surface area contributed by atoms with Crippen LogP contribution >= 0.6 is 0 Å². The Balaban J connectivity index is 1.00. The Morgan fingerprint density at radius 1 is 0.347 bits per heavy atom. The van der Waals surface area contributed by atoms with Gasteiger partial charge in [0, 0.05) is 21.8 Å². The lowest BCUT2D eigenvalue weighted by Crippen LogP contribution is -1.91. The molecule has 0 fully saturated rings. The Hall–Kier alpha value is -6.58. The Morgan fingerprint density at radius 2 is 0.918 bits per heavy atom. The molecule has 8 aromatic carbocycles. The van der Waals surface area contributed by atoms with Crippen molar-refractivity contribution in [2.75, 3.05) is 5.32 Å². The summed E-state index contributed by atoms with van der Waals surface area (Å²) in [5, 5.41) is 10.7. The molecule has 0 atom stereocenters. The highest BCUT2D eigenvalue weighted by atomic mass is 16.3. The second kappa shape index (κ2) is 11.0. The number of benzene rings is 8. The fourth-order valence-electron chi connectivity index (χ4n) is 7.32. The summed E-state index contributed by atoms with van der Waals surface area (Å²) in [7, 11) is 0. The van der Waals surface area contributed by atoms with Crippen molar-refractivity contribution >= 4 is 66.0 Å². The zero-order chi connectivity index (χ0) is 32.3. The highest BCUT2D eigenvalue weighted by molar-refractivity contribution is 6.17. The first-order valence-corrected chi connectivity index (χ1v) is 16.6. The molecule has 3 nitrogen and oxygen atoms in total. The molecule has 2 aromatic heterocycles. The van der Waals surface area contributed by atoms with Gasteiger partial charge in [0.05, 0.1) is 11.1 Å². The quantitative estimate of drug-likeness (QED) is 0.206. The van der Waals surface area contributed by atoms with E-state index in [-0.39, 0.29) is 0 Å². The molecule has 0 bridgehead atoms. The van der Waals surface area contributed by atoms with Crippen LogP contribution in [0.2, 0.25) is 0 Å². The third-order valence-electron chi connectivity index (χ3n) is 9.69. The summed E-state index contributed by atoms with van der Waals surface area (Å²) in [4.78, 5) is 0. The minimum absolute atomic E-state index is 0.858. The molecule has 0 saturated carbocycles. The highest BCUT2D eigenvalue weighted by Gasteiger charge is 2.16. The van der Waals surface area contributed by atoms with Crippen molar-refractivity contribution in [2.24, 2.45) is 0 Å². The second-order valence-electron chi connectivity index (χ2n) is 12.6. The van der Waals surface area contributed by atoms with Crippen LogP contribution in [0.15, 0.2) is 179 Å². The van der Waals surface area contributed by atoms with Crippen LogP contribution in [-0.2, 0) is 0 Å². The van der Waals surface area contributed by atoms with E-state index in [1.165, 1.54) is 21.9 Å². The first kappa shape index (κ1) is 27.5. The number of rotatable bonds is 5. The van der Waals surface area contributed by atoms with Gasteiger partial charge in [0.1, 0.15) is 22.3 Å². The Kier molecular flexibility index (Phi) is 6.18. The molecule has 0 saturated heterocycles. The molecule has 49 heavy (non-hydrogen) atoms. The molecule has 0 unspecified atom stereocenters. The van der Waals surface area contributed by atoms with Gasteiger partial charge < -0.3 is 14.2 Å². The van der Waals surface area contributed by atoms with E-state index < -0.39 is 0 Å². The van der Waals surface area contributed by atoms with Gasteiger partial charge in [-0.15, -0.1) is 0 Å². The molecule has 230 valence electrons. The SMILES string of the molecule is c1ccc2c(-c3ccc(-c4cccc5oc6cccc(Nc7ccc(-c8ccc9oc%10ccccc%10c9c8)cc7)c6c45)cc3)cccc2c1. The van der Waals surface area contributed by atoms with Gasteiger partial charge in [-0.3, -0.25) is 0 Å². The van der Waals surface area contributed by atoms with Crippen molar-refractivity contribution in [3.05, 3.63) is 170 Å². The van der Waals surface area contributed by atoms with E-state index in [9.17, 15) is 0 Å². The van der Waals surface area contributed by atoms with Crippen LogP contribution in [0.5, 0.6) is 0 Å². The zero-order valence-corrected chi connectivity index (χ0v) is 26.5. The van der Waals surface area contributed by atoms with Crippen LogP contribution in [0.3, 0.4) is 0 Å². The molecule has 0 aliphatic carbocycles. The maximum Gasteiger partial charge on any atom is 0.137 e. The first-order chi connectivity index (χ1) is 24.3. The van der Waals surface area contributed by atoms with E-state index in [0.29, 0.717) is 0 Å². The predicted octanol–water partition coefficient (Wildman–Crippen LogP) is 13.4. The Morgan fingerprint density at radius 3 is 1.78 bits per heavy atom. The van der Waals surface area contributed by atoms with Crippen molar-refractivity contribution in [1.82, 2.24) is 0 Å². The summed E-state index contributed by atoms with van der Waals surface area (Å²) in [6, 6.07) is 59.7. The summed E-state index contributed by atoms with van der Waals surface area (Å²) in [6.07, 6.45) is 0. The third-order valence-corrected chi connectivity index (χ3v) is 9.69. The molecule has 0 aliphatic heterocycles. The Bertz CT molecular complexity index is 2830. The molecular formula is C46H29NO2. The monoisotopic (exact) mass is 627 g/mol. The highest BCUT2D eigenvalue weighted by Crippen LogP contribution is 2.42. The van der Waals surface area contributed by atoms with Crippen molar-refractivity contribution in [3.8, 4) is 33.4 Å². The van der Waals surface area contributed by atoms with Crippen molar-refractivity contribution < 1.29 is 8.83 Å². The van der Waals surface area contributed by atoms with Gasteiger partial charge in [-0.1, -0.05) is 121 Å². The van der Waals surface area contributed by atoms with E-state index in [1.54, 1.807) is 0 Å². The van der Waals surface area contributed by atoms with Crippen LogP contribution in [0, 0.1) is 0 Å². The minimum atomic E-state index is 0.858. The fourth-order valence-corrected chi connectivity index (χ4v) is 7.32. The molecule has 0 amide bonds. The molecular weight excluding hydrogens is 599 g/mol. The summed E-state index contributed by atoms with van der Waals surface area (Å²) < 4.78 is 12.5. The van der Waals surface area contributed by atoms with Gasteiger partial charge in [0.15, 0.2) is 0 Å². The molecule has 2 heterocycles. The second-order valence-corrected chi connectivity index (χ2v) is 12.6. The molecule has 3 heteroatoms. The maximum absolute atomic E-state index is 6.42. The number of hydrogen-bond donors (Lipinski definition) is 1. The first-order valence-electron chi connectivity index (χ1n) is 16.6. The van der Waals surface area contributed by atoms with Gasteiger partial charge >= 0.3 is 0 Å². The topological polar surface area (TPSA) is 38.3 Å². The largest absolute Gasteiger partial charge is 0.456 e. The summed E-state index contributed by atoms with van der Waals surface area (Å²) >= 11 is 0. The summed E-state index contributed by atoms with van der Waals surface area (Å²) in [5.41, 5.74) is 12.6. The molecule has 0 radical (unpaired) electrons. The van der Waals surface area contributed by atoms with Gasteiger partial charge in [0.2, 0.25) is 0 Å². The fraction of sp³-hybridized carbons (Fsp3) is 0. The number of furan rings is 2. The number of para-hydroxylation sites is 1. The van der Waals surface area contributed by atoms with Crippen LogP contribution in [-0.4, -0.2) is 0 Å². The lowest BCUT2D eigenvalue weighted by atomic mass is 9.94. The third kappa shape index (κ3) is 4.59. The summed E-state index contributed by atoms with van der Waals surface area (Å²) in [6.45, 7) is 0. The standard InChI is InChI=1S/C46H29NO2/c1-2-10-35-30(8-1)9-5-12-36(35)31-18-20-32(21-19-31)37-13-6-16-43-45(37)46-40(14-7-17-44(46)49-43)47-34-25-22-29(23-26-34)33-24-27-42-39(28-33)38-11-3-4-15-41(38)48-42/h1-28,47H. The van der Waals surface area contributed by atoms with E-state index in [1.807, 2.05) is 24.3 Å². The average molecular weight is 628 g/mol. The van der Waals surface area contributed by atoms with Crippen molar-refractivity contribution in [2.45, 2.75) is 0 Å². The molecule has 10 aromatic rings. The van der Waals surface area contributed by atoms with Crippen LogP contribution in [0.4, 0.5) is 11.4 Å². The lowest BCUT2D eigenvalue weighted by molar-refractivity contribution is 0.668. The summed E-state index contributed by atoms with van der Waals surface area (Å²) in [5.74, 6) is 0. The van der Waals surface area contributed by atoms with E-state index in [2.05, 4.69) is 151 Å². The normalized spacial score (nSPS) is 11.7. The molecule has 1 N–H and O–H groups in total. The van der Waals surface area contributed by atoms with Gasteiger partial charge in [-0.2, -0.15) is 0 Å². The van der Waals surface area contributed by atoms with Crippen LogP contribution in [0.1, 0.15) is 0 Å². The zero-order valence-electron chi connectivity index (χ0n) is 26.5. The number of nitrogens with one attached hydrogen (secondary N) is 1. The van der Waals surface area contributed by atoms with Crippen LogP contribution < -0.4 is 5.32 Å². The number of anilines is 2. The lowest BCUT2D eigenvalue weighted by Gasteiger charge is -2.11. The number of hydrogen-bond acceptors (Lipinski definition) is 3. The van der Waals surface area contributed by atoms with E-state index in [0.717, 1.165) is 77.5 Å². The van der Waals surface area contributed by atoms with Gasteiger partial charge in [-0.25, -0.2) is 0 Å². The van der Waals surface area contributed by atoms with Crippen molar-refractivity contribution in [3.63, 3.8) is 0 Å². The smallest absolute Gasteiger partial charge is 0.137 e. The van der Waals surface area contributed by atoms with Gasteiger partial charge in [0.25, 0.3) is 0 Å².